The smallest absolute Gasteiger partial charge is 0.271 e. The minimum absolute atomic E-state index is 0.324. The van der Waals surface area contributed by atoms with Gasteiger partial charge < -0.3 is 4.74 Å². The van der Waals surface area contributed by atoms with Crippen molar-refractivity contribution in [2.45, 2.75) is 6.61 Å². The van der Waals surface area contributed by atoms with Crippen LogP contribution in [-0.4, -0.2) is 12.1 Å². The molecule has 0 heterocycles. The lowest BCUT2D eigenvalue weighted by atomic mass is 10.2. The van der Waals surface area contributed by atoms with Crippen molar-refractivity contribution in [2.24, 2.45) is 5.10 Å². The standard InChI is InChI=1S/C21H15Cl2FN2O2/c22-19-10-3-15(11-20(19)23)13-28-18-8-4-16(5-9-18)21(27)26-25-12-14-1-6-17(24)7-2-14/h1-12H,13H2,(H,26,27)/b25-12-. The highest BCUT2D eigenvalue weighted by molar-refractivity contribution is 6.42. The molecule has 0 aromatic heterocycles. The number of amides is 1. The summed E-state index contributed by atoms with van der Waals surface area (Å²) in [5.41, 5.74) is 4.40. The van der Waals surface area contributed by atoms with Crippen molar-refractivity contribution in [3.05, 3.63) is 99.3 Å². The normalized spacial score (nSPS) is 10.8. The maximum atomic E-state index is 12.8. The Morgan fingerprint density at radius 3 is 2.39 bits per heavy atom. The quantitative estimate of drug-likeness (QED) is 0.427. The largest absolute Gasteiger partial charge is 0.489 e. The van der Waals surface area contributed by atoms with Crippen molar-refractivity contribution in [3.63, 3.8) is 0 Å². The van der Waals surface area contributed by atoms with Crippen molar-refractivity contribution in [1.82, 2.24) is 5.43 Å². The molecule has 0 saturated heterocycles. The van der Waals surface area contributed by atoms with Gasteiger partial charge in [-0.05, 0) is 59.7 Å². The Balaban J connectivity index is 1.53. The third-order valence-corrected chi connectivity index (χ3v) is 4.49. The summed E-state index contributed by atoms with van der Waals surface area (Å²) in [6.07, 6.45) is 1.44. The van der Waals surface area contributed by atoms with Gasteiger partial charge in [0.05, 0.1) is 16.3 Å². The molecule has 1 amide bonds. The van der Waals surface area contributed by atoms with Crippen LogP contribution in [0.2, 0.25) is 10.0 Å². The van der Waals surface area contributed by atoms with E-state index in [9.17, 15) is 9.18 Å². The van der Waals surface area contributed by atoms with Crippen LogP contribution >= 0.6 is 23.2 Å². The highest BCUT2D eigenvalue weighted by Crippen LogP contribution is 2.23. The number of nitrogens with one attached hydrogen (secondary N) is 1. The molecule has 0 atom stereocenters. The second-order valence-corrected chi connectivity index (χ2v) is 6.63. The van der Waals surface area contributed by atoms with Gasteiger partial charge in [-0.25, -0.2) is 9.82 Å². The van der Waals surface area contributed by atoms with Gasteiger partial charge in [0.1, 0.15) is 18.2 Å². The average molecular weight is 417 g/mol. The Bertz CT molecular complexity index is 990. The molecule has 0 aliphatic rings. The zero-order valence-corrected chi connectivity index (χ0v) is 16.0. The average Bonchev–Trinajstić information content (AvgIpc) is 2.70. The van der Waals surface area contributed by atoms with Gasteiger partial charge in [-0.3, -0.25) is 4.79 Å². The zero-order valence-electron chi connectivity index (χ0n) is 14.5. The molecule has 0 aliphatic carbocycles. The van der Waals surface area contributed by atoms with Crippen molar-refractivity contribution in [3.8, 4) is 5.75 Å². The molecule has 0 bridgehead atoms. The predicted molar refractivity (Wildman–Crippen MR) is 109 cm³/mol. The SMILES string of the molecule is O=C(N/N=C\c1ccc(F)cc1)c1ccc(OCc2ccc(Cl)c(Cl)c2)cc1. The maximum absolute atomic E-state index is 12.8. The molecule has 0 radical (unpaired) electrons. The van der Waals surface area contributed by atoms with Gasteiger partial charge in [0, 0.05) is 5.56 Å². The fraction of sp³-hybridized carbons (Fsp3) is 0.0476. The number of hydrazone groups is 1. The number of carbonyl (C=O) groups is 1. The number of halogens is 3. The van der Waals surface area contributed by atoms with Gasteiger partial charge in [-0.2, -0.15) is 5.10 Å². The van der Waals surface area contributed by atoms with Crippen LogP contribution in [-0.2, 0) is 6.61 Å². The third-order valence-electron chi connectivity index (χ3n) is 3.76. The van der Waals surface area contributed by atoms with Crippen molar-refractivity contribution in [2.75, 3.05) is 0 Å². The molecule has 0 fully saturated rings. The molecule has 3 aromatic rings. The highest BCUT2D eigenvalue weighted by atomic mass is 35.5. The molecule has 0 aliphatic heterocycles. The molecule has 0 saturated carbocycles. The molecule has 0 spiro atoms. The van der Waals surface area contributed by atoms with Crippen LogP contribution in [0.25, 0.3) is 0 Å². The van der Waals surface area contributed by atoms with Gasteiger partial charge in [0.25, 0.3) is 5.91 Å². The molecule has 3 rings (SSSR count). The molecule has 28 heavy (non-hydrogen) atoms. The molecule has 4 nitrogen and oxygen atoms in total. The Morgan fingerprint density at radius 1 is 1.00 bits per heavy atom. The van der Waals surface area contributed by atoms with E-state index in [1.165, 1.54) is 18.3 Å². The van der Waals surface area contributed by atoms with Gasteiger partial charge in [-0.15, -0.1) is 0 Å². The van der Waals surface area contributed by atoms with Gasteiger partial charge in [0.2, 0.25) is 0 Å². The van der Waals surface area contributed by atoms with E-state index in [2.05, 4.69) is 10.5 Å². The number of benzene rings is 3. The topological polar surface area (TPSA) is 50.7 Å². The Hall–Kier alpha value is -2.89. The minimum atomic E-state index is -0.366. The zero-order chi connectivity index (χ0) is 19.9. The van der Waals surface area contributed by atoms with E-state index >= 15 is 0 Å². The lowest BCUT2D eigenvalue weighted by molar-refractivity contribution is 0.0955. The van der Waals surface area contributed by atoms with Gasteiger partial charge in [0.15, 0.2) is 0 Å². The van der Waals surface area contributed by atoms with Crippen LogP contribution in [0.15, 0.2) is 71.8 Å². The summed E-state index contributed by atoms with van der Waals surface area (Å²) in [6.45, 7) is 0.324. The van der Waals surface area contributed by atoms with E-state index in [1.54, 1.807) is 48.5 Å². The van der Waals surface area contributed by atoms with Crippen LogP contribution in [0, 0.1) is 5.82 Å². The van der Waals surface area contributed by atoms with E-state index in [0.717, 1.165) is 5.56 Å². The van der Waals surface area contributed by atoms with Crippen LogP contribution in [0.3, 0.4) is 0 Å². The lowest BCUT2D eigenvalue weighted by Gasteiger charge is -2.08. The van der Waals surface area contributed by atoms with Crippen LogP contribution in [0.4, 0.5) is 4.39 Å². The molecule has 1 N–H and O–H groups in total. The molecule has 0 unspecified atom stereocenters. The fourth-order valence-corrected chi connectivity index (χ4v) is 2.60. The summed E-state index contributed by atoms with van der Waals surface area (Å²) >= 11 is 11.9. The summed E-state index contributed by atoms with van der Waals surface area (Å²) in [4.78, 5) is 12.1. The second kappa shape index (κ2) is 9.35. The first kappa shape index (κ1) is 19.9. The Morgan fingerprint density at radius 2 is 1.71 bits per heavy atom. The Kier molecular flexibility index (Phi) is 6.63. The summed E-state index contributed by atoms with van der Waals surface area (Å²) in [5.74, 6) is -0.0884. The molecule has 3 aromatic carbocycles. The monoisotopic (exact) mass is 416 g/mol. The number of nitrogens with zero attached hydrogens (tertiary/aromatic N) is 1. The number of hydrogen-bond acceptors (Lipinski definition) is 3. The molecular formula is C21H15Cl2FN2O2. The first-order chi connectivity index (χ1) is 13.5. The van der Waals surface area contributed by atoms with E-state index in [4.69, 9.17) is 27.9 Å². The summed E-state index contributed by atoms with van der Waals surface area (Å²) in [7, 11) is 0. The number of carbonyl (C=O) groups excluding carboxylic acids is 1. The molecular weight excluding hydrogens is 402 g/mol. The van der Waals surface area contributed by atoms with Crippen LogP contribution in [0.1, 0.15) is 21.5 Å². The Labute approximate surface area is 171 Å². The fourth-order valence-electron chi connectivity index (χ4n) is 2.28. The highest BCUT2D eigenvalue weighted by Gasteiger charge is 2.05. The van der Waals surface area contributed by atoms with E-state index in [-0.39, 0.29) is 11.7 Å². The van der Waals surface area contributed by atoms with Crippen LogP contribution in [0.5, 0.6) is 5.75 Å². The van der Waals surface area contributed by atoms with Crippen molar-refractivity contribution >= 4 is 35.3 Å². The maximum Gasteiger partial charge on any atom is 0.271 e. The summed E-state index contributed by atoms with van der Waals surface area (Å²) < 4.78 is 18.5. The lowest BCUT2D eigenvalue weighted by Crippen LogP contribution is -2.17. The minimum Gasteiger partial charge on any atom is -0.489 e. The molecule has 142 valence electrons. The van der Waals surface area contributed by atoms with E-state index in [1.807, 2.05) is 6.07 Å². The van der Waals surface area contributed by atoms with E-state index < -0.39 is 0 Å². The molecule has 7 heteroatoms. The van der Waals surface area contributed by atoms with E-state index in [0.29, 0.717) is 33.5 Å². The summed E-state index contributed by atoms with van der Waals surface area (Å²) in [5, 5.41) is 4.82. The number of ether oxygens (including phenoxy) is 1. The second-order valence-electron chi connectivity index (χ2n) is 5.81. The summed E-state index contributed by atoms with van der Waals surface area (Å²) in [6, 6.07) is 17.7. The number of rotatable bonds is 6. The number of hydrogen-bond donors (Lipinski definition) is 1. The third kappa shape index (κ3) is 5.55. The van der Waals surface area contributed by atoms with Crippen molar-refractivity contribution < 1.29 is 13.9 Å². The van der Waals surface area contributed by atoms with Gasteiger partial charge >= 0.3 is 0 Å². The first-order valence-electron chi connectivity index (χ1n) is 8.27. The van der Waals surface area contributed by atoms with Crippen LogP contribution < -0.4 is 10.2 Å². The van der Waals surface area contributed by atoms with Crippen molar-refractivity contribution in [1.29, 1.82) is 0 Å². The van der Waals surface area contributed by atoms with Gasteiger partial charge in [-0.1, -0.05) is 41.4 Å². The first-order valence-corrected chi connectivity index (χ1v) is 9.02. The predicted octanol–water partition coefficient (Wildman–Crippen LogP) is 5.48.